The predicted molar refractivity (Wildman–Crippen MR) is 51.7 cm³/mol. The molecule has 0 radical (unpaired) electrons. The molecule has 5 heteroatoms. The van der Waals surface area contributed by atoms with Gasteiger partial charge in [-0.3, -0.25) is 0 Å². The molecular weight excluding hydrogens is 192 g/mol. The number of hydrogen-bond acceptors (Lipinski definition) is 5. The standard InChI is InChI=1S/C10H8N4O/c1-6-3-8(4-9(5-11)12-6)10-13-7(2)14-15-10/h3-4H,1-2H3. The summed E-state index contributed by atoms with van der Waals surface area (Å²) in [5.74, 6) is 0.979. The lowest BCUT2D eigenvalue weighted by atomic mass is 10.2. The number of nitrogens with zero attached hydrogens (tertiary/aromatic N) is 4. The molecule has 15 heavy (non-hydrogen) atoms. The van der Waals surface area contributed by atoms with Gasteiger partial charge in [0.1, 0.15) is 11.8 Å². The van der Waals surface area contributed by atoms with Gasteiger partial charge in [-0.05, 0) is 26.0 Å². The van der Waals surface area contributed by atoms with Crippen LogP contribution in [0.5, 0.6) is 0 Å². The molecule has 0 saturated heterocycles. The van der Waals surface area contributed by atoms with Crippen molar-refractivity contribution < 1.29 is 4.52 Å². The van der Waals surface area contributed by atoms with E-state index in [2.05, 4.69) is 15.1 Å². The molecular formula is C10H8N4O. The van der Waals surface area contributed by atoms with Crippen molar-refractivity contribution in [2.45, 2.75) is 13.8 Å². The molecule has 0 saturated carbocycles. The van der Waals surface area contributed by atoms with Gasteiger partial charge in [0.25, 0.3) is 5.89 Å². The maximum absolute atomic E-state index is 8.76. The average Bonchev–Trinajstić information content (AvgIpc) is 2.64. The molecule has 0 aliphatic rings. The molecule has 0 fully saturated rings. The van der Waals surface area contributed by atoms with Crippen LogP contribution >= 0.6 is 0 Å². The summed E-state index contributed by atoms with van der Waals surface area (Å²) in [6.07, 6.45) is 0. The first kappa shape index (κ1) is 9.34. The fourth-order valence-electron chi connectivity index (χ4n) is 1.26. The minimum Gasteiger partial charge on any atom is -0.334 e. The van der Waals surface area contributed by atoms with E-state index < -0.39 is 0 Å². The van der Waals surface area contributed by atoms with Crippen LogP contribution in [0.15, 0.2) is 16.7 Å². The van der Waals surface area contributed by atoms with Crippen molar-refractivity contribution in [3.05, 3.63) is 29.3 Å². The zero-order valence-electron chi connectivity index (χ0n) is 8.35. The van der Waals surface area contributed by atoms with Crippen molar-refractivity contribution in [2.75, 3.05) is 0 Å². The van der Waals surface area contributed by atoms with E-state index in [-0.39, 0.29) is 0 Å². The van der Waals surface area contributed by atoms with Crippen LogP contribution in [0.25, 0.3) is 11.5 Å². The Balaban J connectivity index is 2.54. The number of pyridine rings is 1. The smallest absolute Gasteiger partial charge is 0.258 e. The van der Waals surface area contributed by atoms with E-state index in [4.69, 9.17) is 9.78 Å². The maximum Gasteiger partial charge on any atom is 0.258 e. The number of aryl methyl sites for hydroxylation is 2. The molecule has 0 aliphatic carbocycles. The molecule has 2 rings (SSSR count). The second-order valence-electron chi connectivity index (χ2n) is 3.14. The van der Waals surface area contributed by atoms with Crippen molar-refractivity contribution in [1.29, 1.82) is 5.26 Å². The Morgan fingerprint density at radius 2 is 2.07 bits per heavy atom. The first-order valence-corrected chi connectivity index (χ1v) is 4.38. The van der Waals surface area contributed by atoms with Gasteiger partial charge in [0.2, 0.25) is 0 Å². The molecule has 0 amide bonds. The molecule has 0 N–H and O–H groups in total. The summed E-state index contributed by atoms with van der Waals surface area (Å²) in [5, 5.41) is 12.4. The monoisotopic (exact) mass is 200 g/mol. The molecule has 2 heterocycles. The molecule has 5 nitrogen and oxygen atoms in total. The number of hydrogen-bond donors (Lipinski definition) is 0. The summed E-state index contributed by atoms with van der Waals surface area (Å²) < 4.78 is 5.01. The third-order valence-corrected chi connectivity index (χ3v) is 1.84. The van der Waals surface area contributed by atoms with Gasteiger partial charge in [-0.1, -0.05) is 5.16 Å². The lowest BCUT2D eigenvalue weighted by Crippen LogP contribution is -1.89. The highest BCUT2D eigenvalue weighted by Gasteiger charge is 2.08. The normalized spacial score (nSPS) is 9.93. The molecule has 0 unspecified atom stereocenters. The topological polar surface area (TPSA) is 75.6 Å². The number of aromatic nitrogens is 3. The Kier molecular flexibility index (Phi) is 2.18. The summed E-state index contributed by atoms with van der Waals surface area (Å²) in [6, 6.07) is 5.41. The van der Waals surface area contributed by atoms with Crippen molar-refractivity contribution >= 4 is 0 Å². The minimum absolute atomic E-state index is 0.348. The second kappa shape index (κ2) is 3.50. The van der Waals surface area contributed by atoms with E-state index in [1.165, 1.54) is 0 Å². The van der Waals surface area contributed by atoms with Gasteiger partial charge in [0.05, 0.1) is 0 Å². The SMILES string of the molecule is Cc1cc(-c2nc(C)no2)cc(C#N)n1. The van der Waals surface area contributed by atoms with Gasteiger partial charge in [-0.25, -0.2) is 4.98 Å². The van der Waals surface area contributed by atoms with Gasteiger partial charge in [-0.15, -0.1) is 0 Å². The Bertz CT molecular complexity index is 539. The van der Waals surface area contributed by atoms with Crippen LogP contribution in [-0.4, -0.2) is 15.1 Å². The molecule has 2 aromatic rings. The zero-order valence-corrected chi connectivity index (χ0v) is 8.35. The van der Waals surface area contributed by atoms with Crippen LogP contribution in [0, 0.1) is 25.2 Å². The van der Waals surface area contributed by atoms with Crippen LogP contribution < -0.4 is 0 Å². The van der Waals surface area contributed by atoms with E-state index in [9.17, 15) is 0 Å². The lowest BCUT2D eigenvalue weighted by molar-refractivity contribution is 0.425. The maximum atomic E-state index is 8.76. The quantitative estimate of drug-likeness (QED) is 0.699. The summed E-state index contributed by atoms with van der Waals surface area (Å²) >= 11 is 0. The van der Waals surface area contributed by atoms with E-state index in [0.29, 0.717) is 17.4 Å². The number of nitriles is 1. The highest BCUT2D eigenvalue weighted by Crippen LogP contribution is 2.18. The van der Waals surface area contributed by atoms with Crippen LogP contribution in [0.3, 0.4) is 0 Å². The van der Waals surface area contributed by atoms with Crippen LogP contribution in [0.1, 0.15) is 17.2 Å². The highest BCUT2D eigenvalue weighted by molar-refractivity contribution is 5.55. The summed E-state index contributed by atoms with van der Waals surface area (Å²) in [4.78, 5) is 8.12. The van der Waals surface area contributed by atoms with Gasteiger partial charge in [0.15, 0.2) is 5.82 Å². The highest BCUT2D eigenvalue weighted by atomic mass is 16.5. The largest absolute Gasteiger partial charge is 0.334 e. The predicted octanol–water partition coefficient (Wildman–Crippen LogP) is 1.62. The first-order valence-electron chi connectivity index (χ1n) is 4.38. The van der Waals surface area contributed by atoms with E-state index >= 15 is 0 Å². The van der Waals surface area contributed by atoms with Gasteiger partial charge in [0, 0.05) is 11.3 Å². The summed E-state index contributed by atoms with van der Waals surface area (Å²) in [6.45, 7) is 3.56. The molecule has 74 valence electrons. The minimum atomic E-state index is 0.348. The van der Waals surface area contributed by atoms with Crippen molar-refractivity contribution in [3.63, 3.8) is 0 Å². The fourth-order valence-corrected chi connectivity index (χ4v) is 1.26. The number of rotatable bonds is 1. The van der Waals surface area contributed by atoms with Gasteiger partial charge >= 0.3 is 0 Å². The zero-order chi connectivity index (χ0) is 10.8. The Morgan fingerprint density at radius 1 is 1.27 bits per heavy atom. The Hall–Kier alpha value is -2.22. The fraction of sp³-hybridized carbons (Fsp3) is 0.200. The third kappa shape index (κ3) is 1.83. The lowest BCUT2D eigenvalue weighted by Gasteiger charge is -1.97. The van der Waals surface area contributed by atoms with Crippen LogP contribution in [0.4, 0.5) is 0 Å². The van der Waals surface area contributed by atoms with Crippen molar-refractivity contribution in [2.24, 2.45) is 0 Å². The first-order chi connectivity index (χ1) is 7.19. The molecule has 0 aromatic carbocycles. The molecule has 0 aliphatic heterocycles. The van der Waals surface area contributed by atoms with Crippen LogP contribution in [-0.2, 0) is 0 Å². The van der Waals surface area contributed by atoms with Gasteiger partial charge in [-0.2, -0.15) is 10.2 Å². The molecule has 0 bridgehead atoms. The van der Waals surface area contributed by atoms with Crippen LogP contribution in [0.2, 0.25) is 0 Å². The van der Waals surface area contributed by atoms with Crippen molar-refractivity contribution in [3.8, 4) is 17.5 Å². The Labute approximate surface area is 86.4 Å². The second-order valence-corrected chi connectivity index (χ2v) is 3.14. The van der Waals surface area contributed by atoms with Crippen molar-refractivity contribution in [1.82, 2.24) is 15.1 Å². The summed E-state index contributed by atoms with van der Waals surface area (Å²) in [7, 11) is 0. The van der Waals surface area contributed by atoms with E-state index in [1.54, 1.807) is 19.1 Å². The molecule has 0 atom stereocenters. The Morgan fingerprint density at radius 3 is 2.67 bits per heavy atom. The average molecular weight is 200 g/mol. The van der Waals surface area contributed by atoms with Gasteiger partial charge < -0.3 is 4.52 Å². The summed E-state index contributed by atoms with van der Waals surface area (Å²) in [5.41, 5.74) is 1.82. The molecule has 2 aromatic heterocycles. The third-order valence-electron chi connectivity index (χ3n) is 1.84. The van der Waals surface area contributed by atoms with E-state index in [0.717, 1.165) is 11.3 Å². The van der Waals surface area contributed by atoms with E-state index in [1.807, 2.05) is 13.0 Å². The molecule has 0 spiro atoms.